The number of thioether (sulfide) groups is 2. The summed E-state index contributed by atoms with van der Waals surface area (Å²) in [5, 5.41) is 6.57. The van der Waals surface area contributed by atoms with E-state index in [-0.39, 0.29) is 12.5 Å². The minimum atomic E-state index is -0.296. The van der Waals surface area contributed by atoms with Gasteiger partial charge in [0.2, 0.25) is 0 Å². The Morgan fingerprint density at radius 2 is 1.77 bits per heavy atom. The number of aryl methyl sites for hydroxylation is 1. The van der Waals surface area contributed by atoms with E-state index < -0.39 is 0 Å². The Balaban J connectivity index is 1.19. The van der Waals surface area contributed by atoms with E-state index in [9.17, 15) is 4.79 Å². The van der Waals surface area contributed by atoms with Crippen molar-refractivity contribution >= 4 is 46.4 Å². The van der Waals surface area contributed by atoms with Crippen LogP contribution >= 0.6 is 23.5 Å². The Morgan fingerprint density at radius 3 is 2.54 bits per heavy atom. The lowest BCUT2D eigenvalue weighted by Gasteiger charge is -2.11. The molecule has 5 nitrogen and oxygen atoms in total. The van der Waals surface area contributed by atoms with Crippen LogP contribution in [0.5, 0.6) is 5.75 Å². The molecule has 0 saturated carbocycles. The van der Waals surface area contributed by atoms with Crippen molar-refractivity contribution in [1.29, 1.82) is 0 Å². The van der Waals surface area contributed by atoms with Gasteiger partial charge >= 0.3 is 0 Å². The van der Waals surface area contributed by atoms with E-state index in [0.717, 1.165) is 22.6 Å². The minimum Gasteiger partial charge on any atom is -0.484 e. The smallest absolute Gasteiger partial charge is 0.277 e. The number of amides is 1. The summed E-state index contributed by atoms with van der Waals surface area (Å²) in [5.74, 6) is 2.78. The van der Waals surface area contributed by atoms with E-state index in [4.69, 9.17) is 4.74 Å². The van der Waals surface area contributed by atoms with Crippen molar-refractivity contribution in [2.24, 2.45) is 5.10 Å². The molecule has 1 fully saturated rings. The van der Waals surface area contributed by atoms with Crippen molar-refractivity contribution in [2.75, 3.05) is 18.1 Å². The van der Waals surface area contributed by atoms with Gasteiger partial charge in [-0.05, 0) is 60.5 Å². The molecule has 0 bridgehead atoms. The van der Waals surface area contributed by atoms with Crippen LogP contribution in [0, 0.1) is 13.8 Å². The van der Waals surface area contributed by atoms with E-state index in [2.05, 4.69) is 83.5 Å². The number of nitrogens with one attached hydrogen (secondary N) is 1. The summed E-state index contributed by atoms with van der Waals surface area (Å²) < 4.78 is 8.33. The molecule has 0 spiro atoms. The maximum atomic E-state index is 12.2. The van der Waals surface area contributed by atoms with Gasteiger partial charge in [0.25, 0.3) is 5.91 Å². The Labute approximate surface area is 213 Å². The van der Waals surface area contributed by atoms with E-state index >= 15 is 0 Å². The maximum absolute atomic E-state index is 12.2. The highest BCUT2D eigenvalue weighted by atomic mass is 32.2. The third-order valence-electron chi connectivity index (χ3n) is 6.00. The van der Waals surface area contributed by atoms with Crippen molar-refractivity contribution in [1.82, 2.24) is 9.99 Å². The molecule has 4 aromatic rings. The number of fused-ring (bicyclic) bond motifs is 1. The zero-order chi connectivity index (χ0) is 24.2. The quantitative estimate of drug-likeness (QED) is 0.240. The van der Waals surface area contributed by atoms with E-state index in [1.165, 1.54) is 27.8 Å². The number of hydrazone groups is 1. The molecule has 5 rings (SSSR count). The molecule has 1 N–H and O–H groups in total. The first-order chi connectivity index (χ1) is 17.1. The predicted molar refractivity (Wildman–Crippen MR) is 148 cm³/mol. The highest BCUT2D eigenvalue weighted by molar-refractivity contribution is 8.19. The number of nitrogens with zero attached hydrogens (tertiary/aromatic N) is 2. The summed E-state index contributed by atoms with van der Waals surface area (Å²) in [7, 11) is 0. The van der Waals surface area contributed by atoms with Crippen LogP contribution in [0.25, 0.3) is 16.5 Å². The molecule has 35 heavy (non-hydrogen) atoms. The average Bonchev–Trinajstić information content (AvgIpc) is 3.51. The second-order valence-corrected chi connectivity index (χ2v) is 11.1. The third kappa shape index (κ3) is 5.41. The summed E-state index contributed by atoms with van der Waals surface area (Å²) in [4.78, 5) is 12.2. The maximum Gasteiger partial charge on any atom is 0.277 e. The number of hydrogen-bond acceptors (Lipinski definition) is 5. The van der Waals surface area contributed by atoms with Crippen LogP contribution in [-0.4, -0.2) is 34.8 Å². The number of rotatable bonds is 7. The molecule has 7 heteroatoms. The standard InChI is InChI=1S/C28H27N3O2S2/c1-19-15-24(20(2)31(19)25-10-7-21-5-3-4-6-23(21)16-25)17-29-30-27(32)18-33-26-11-8-22(9-12-26)28-34-13-14-35-28/h3-12,15-17,28H,13-14,18H2,1-2H3,(H,30,32)/b29-17-. The molecule has 178 valence electrons. The fraction of sp³-hybridized carbons (Fsp3) is 0.214. The largest absolute Gasteiger partial charge is 0.484 e. The molecule has 3 aromatic carbocycles. The predicted octanol–water partition coefficient (Wildman–Crippen LogP) is 6.26. The molecular weight excluding hydrogens is 474 g/mol. The van der Waals surface area contributed by atoms with Gasteiger partial charge in [-0.25, -0.2) is 5.43 Å². The molecule has 0 unspecified atom stereocenters. The normalized spacial score (nSPS) is 14.1. The lowest BCUT2D eigenvalue weighted by atomic mass is 10.1. The van der Waals surface area contributed by atoms with Gasteiger partial charge in [0, 0.05) is 34.1 Å². The monoisotopic (exact) mass is 501 g/mol. The molecule has 0 aliphatic carbocycles. The van der Waals surface area contributed by atoms with Crippen LogP contribution in [0.4, 0.5) is 0 Å². The van der Waals surface area contributed by atoms with Crippen LogP contribution in [0.1, 0.15) is 27.1 Å². The molecule has 1 aliphatic rings. The Hall–Kier alpha value is -3.16. The van der Waals surface area contributed by atoms with Gasteiger partial charge in [-0.2, -0.15) is 5.10 Å². The van der Waals surface area contributed by atoms with Gasteiger partial charge in [-0.3, -0.25) is 4.79 Å². The number of hydrogen-bond donors (Lipinski definition) is 1. The Kier molecular flexibility index (Phi) is 7.16. The highest BCUT2D eigenvalue weighted by Gasteiger charge is 2.18. The molecule has 1 amide bonds. The van der Waals surface area contributed by atoms with Crippen LogP contribution in [0.15, 0.2) is 77.9 Å². The van der Waals surface area contributed by atoms with Gasteiger partial charge in [-0.15, -0.1) is 23.5 Å². The van der Waals surface area contributed by atoms with Gasteiger partial charge in [-0.1, -0.05) is 42.5 Å². The molecule has 1 aromatic heterocycles. The highest BCUT2D eigenvalue weighted by Crippen LogP contribution is 2.45. The topological polar surface area (TPSA) is 55.6 Å². The summed E-state index contributed by atoms with van der Waals surface area (Å²) in [5.41, 5.74) is 8.08. The molecule has 1 aliphatic heterocycles. The lowest BCUT2D eigenvalue weighted by molar-refractivity contribution is -0.123. The molecule has 0 atom stereocenters. The molecular formula is C28H27N3O2S2. The van der Waals surface area contributed by atoms with Crippen LogP contribution in [0.3, 0.4) is 0 Å². The molecule has 1 saturated heterocycles. The number of ether oxygens (including phenoxy) is 1. The van der Waals surface area contributed by atoms with Gasteiger partial charge in [0.05, 0.1) is 10.8 Å². The van der Waals surface area contributed by atoms with E-state index in [0.29, 0.717) is 10.3 Å². The average molecular weight is 502 g/mol. The second-order valence-electron chi connectivity index (χ2n) is 8.42. The fourth-order valence-corrected chi connectivity index (χ4v) is 7.12. The number of carbonyl (C=O) groups is 1. The van der Waals surface area contributed by atoms with E-state index in [1.54, 1.807) is 6.21 Å². The first-order valence-corrected chi connectivity index (χ1v) is 13.6. The Bertz CT molecular complexity index is 1370. The van der Waals surface area contributed by atoms with Gasteiger partial charge in [0.15, 0.2) is 6.61 Å². The third-order valence-corrected chi connectivity index (χ3v) is 9.10. The Morgan fingerprint density at radius 1 is 1.03 bits per heavy atom. The molecule has 2 heterocycles. The molecule has 0 radical (unpaired) electrons. The van der Waals surface area contributed by atoms with Crippen molar-refractivity contribution in [2.45, 2.75) is 18.4 Å². The lowest BCUT2D eigenvalue weighted by Crippen LogP contribution is -2.24. The number of carbonyl (C=O) groups excluding carboxylic acids is 1. The summed E-state index contributed by atoms with van der Waals surface area (Å²) in [6.45, 7) is 4.04. The summed E-state index contributed by atoms with van der Waals surface area (Å²) >= 11 is 3.94. The summed E-state index contributed by atoms with van der Waals surface area (Å²) in [6.07, 6.45) is 1.68. The summed E-state index contributed by atoms with van der Waals surface area (Å²) in [6, 6.07) is 24.9. The number of aromatic nitrogens is 1. The fourth-order valence-electron chi connectivity index (χ4n) is 4.26. The number of benzene rings is 3. The van der Waals surface area contributed by atoms with Crippen LogP contribution in [0.2, 0.25) is 0 Å². The van der Waals surface area contributed by atoms with Crippen LogP contribution in [-0.2, 0) is 4.79 Å². The SMILES string of the molecule is Cc1cc(/C=N\NC(=O)COc2ccc(C3SCCS3)cc2)c(C)n1-c1ccc2ccccc2c1. The zero-order valence-corrected chi connectivity index (χ0v) is 21.4. The zero-order valence-electron chi connectivity index (χ0n) is 19.7. The van der Waals surface area contributed by atoms with E-state index in [1.807, 2.05) is 41.7 Å². The van der Waals surface area contributed by atoms with Crippen molar-refractivity contribution < 1.29 is 9.53 Å². The second kappa shape index (κ2) is 10.6. The minimum absolute atomic E-state index is 0.0836. The first kappa shape index (κ1) is 23.6. The first-order valence-electron chi connectivity index (χ1n) is 11.5. The van der Waals surface area contributed by atoms with Crippen LogP contribution < -0.4 is 10.2 Å². The van der Waals surface area contributed by atoms with Crippen molar-refractivity contribution in [3.8, 4) is 11.4 Å². The van der Waals surface area contributed by atoms with Crippen molar-refractivity contribution in [3.63, 3.8) is 0 Å². The van der Waals surface area contributed by atoms with Gasteiger partial charge < -0.3 is 9.30 Å². The van der Waals surface area contributed by atoms with Crippen molar-refractivity contribution in [3.05, 3.63) is 95.3 Å². The van der Waals surface area contributed by atoms with Gasteiger partial charge in [0.1, 0.15) is 5.75 Å².